The molecule has 0 fully saturated rings. The molecule has 0 aliphatic carbocycles. The molecule has 4 rings (SSSR count). The zero-order valence-corrected chi connectivity index (χ0v) is 12.4. The fraction of sp³-hybridized carbons (Fsp3) is 0.0667. The predicted molar refractivity (Wildman–Crippen MR) is 84.1 cm³/mol. The van der Waals surface area contributed by atoms with Crippen LogP contribution in [0.15, 0.2) is 46.2 Å². The molecule has 0 amide bonds. The van der Waals surface area contributed by atoms with E-state index >= 15 is 0 Å². The van der Waals surface area contributed by atoms with Gasteiger partial charge < -0.3 is 0 Å². The monoisotopic (exact) mass is 326 g/mol. The van der Waals surface area contributed by atoms with Crippen molar-refractivity contribution >= 4 is 10.9 Å². The zero-order chi connectivity index (χ0) is 16.8. The molecule has 0 aliphatic rings. The van der Waals surface area contributed by atoms with Gasteiger partial charge in [-0.05, 0) is 31.2 Å². The number of H-pyrrole nitrogens is 2. The first-order chi connectivity index (χ1) is 11.6. The van der Waals surface area contributed by atoms with Gasteiger partial charge in [0.1, 0.15) is 12.1 Å². The van der Waals surface area contributed by atoms with E-state index in [-0.39, 0.29) is 17.1 Å². The molecule has 3 aromatic heterocycles. The van der Waals surface area contributed by atoms with E-state index in [4.69, 9.17) is 0 Å². The molecule has 24 heavy (non-hydrogen) atoms. The second-order valence-electron chi connectivity index (χ2n) is 5.23. The highest BCUT2D eigenvalue weighted by atomic mass is 19.1. The minimum atomic E-state index is -0.399. The molecule has 8 nitrogen and oxygen atoms in total. The summed E-state index contributed by atoms with van der Waals surface area (Å²) < 4.78 is 15.6. The lowest BCUT2D eigenvalue weighted by molar-refractivity contribution is 0.627. The van der Waals surface area contributed by atoms with Crippen molar-refractivity contribution in [2.24, 2.45) is 0 Å². The van der Waals surface area contributed by atoms with Crippen molar-refractivity contribution in [1.82, 2.24) is 29.5 Å². The molecule has 0 spiro atoms. The van der Waals surface area contributed by atoms with Crippen LogP contribution in [0.5, 0.6) is 0 Å². The van der Waals surface area contributed by atoms with Crippen molar-refractivity contribution in [3.63, 3.8) is 0 Å². The molecule has 0 radical (unpaired) electrons. The topological polar surface area (TPSA) is 101 Å². The summed E-state index contributed by atoms with van der Waals surface area (Å²) in [5.41, 5.74) is 0.584. The van der Waals surface area contributed by atoms with Crippen molar-refractivity contribution in [1.29, 1.82) is 0 Å². The average Bonchev–Trinajstić information content (AvgIpc) is 3.17. The van der Waals surface area contributed by atoms with E-state index in [0.29, 0.717) is 22.3 Å². The van der Waals surface area contributed by atoms with Crippen LogP contribution in [0.2, 0.25) is 0 Å². The van der Waals surface area contributed by atoms with Crippen molar-refractivity contribution in [2.45, 2.75) is 6.92 Å². The summed E-state index contributed by atoms with van der Waals surface area (Å²) in [6.07, 6.45) is 1.28. The predicted octanol–water partition coefficient (Wildman–Crippen LogP) is 1.04. The number of pyridine rings is 1. The van der Waals surface area contributed by atoms with Crippen molar-refractivity contribution in [3.8, 4) is 11.6 Å². The molecule has 0 atom stereocenters. The Kier molecular flexibility index (Phi) is 2.95. The third kappa shape index (κ3) is 1.98. The average molecular weight is 326 g/mol. The fourth-order valence-corrected chi connectivity index (χ4v) is 2.72. The first-order valence-electron chi connectivity index (χ1n) is 7.05. The number of benzene rings is 1. The molecule has 0 saturated carbocycles. The number of aromatic nitrogens is 6. The first kappa shape index (κ1) is 14.1. The number of hydrogen-bond acceptors (Lipinski definition) is 4. The van der Waals surface area contributed by atoms with Gasteiger partial charge in [0.25, 0.3) is 11.1 Å². The van der Waals surface area contributed by atoms with Crippen LogP contribution in [0.3, 0.4) is 0 Å². The Morgan fingerprint density at radius 2 is 1.92 bits per heavy atom. The molecule has 1 aromatic carbocycles. The number of hydrogen-bond donors (Lipinski definition) is 2. The van der Waals surface area contributed by atoms with Crippen LogP contribution in [-0.4, -0.2) is 29.5 Å². The highest BCUT2D eigenvalue weighted by Gasteiger charge is 2.17. The van der Waals surface area contributed by atoms with Crippen LogP contribution in [0.4, 0.5) is 4.39 Å². The maximum atomic E-state index is 13.1. The standard InChI is InChI=1S/C15H11FN6O2/c1-8-13-11(6-12(23)21(8)15-17-7-18-19-15)20-22(14(13)24)10-4-2-9(16)3-5-10/h2-7,20H,1H3,(H,17,18,19). The molecule has 3 heterocycles. The highest BCUT2D eigenvalue weighted by Crippen LogP contribution is 2.15. The Morgan fingerprint density at radius 3 is 2.58 bits per heavy atom. The minimum absolute atomic E-state index is 0.230. The van der Waals surface area contributed by atoms with E-state index in [1.54, 1.807) is 6.92 Å². The summed E-state index contributed by atoms with van der Waals surface area (Å²) in [6, 6.07) is 6.78. The normalized spacial score (nSPS) is 11.2. The maximum absolute atomic E-state index is 13.1. The van der Waals surface area contributed by atoms with E-state index in [9.17, 15) is 14.0 Å². The number of halogens is 1. The second-order valence-corrected chi connectivity index (χ2v) is 5.23. The lowest BCUT2D eigenvalue weighted by Gasteiger charge is -2.05. The number of rotatable bonds is 2. The van der Waals surface area contributed by atoms with Gasteiger partial charge in [0.15, 0.2) is 0 Å². The smallest absolute Gasteiger partial charge is 0.280 e. The van der Waals surface area contributed by atoms with Gasteiger partial charge in [-0.1, -0.05) is 0 Å². The summed E-state index contributed by atoms with van der Waals surface area (Å²) in [5.74, 6) is -0.169. The lowest BCUT2D eigenvalue weighted by atomic mass is 10.2. The van der Waals surface area contributed by atoms with Crippen LogP contribution in [0, 0.1) is 12.7 Å². The van der Waals surface area contributed by atoms with Gasteiger partial charge in [0, 0.05) is 11.8 Å². The largest absolute Gasteiger partial charge is 0.290 e. The van der Waals surface area contributed by atoms with Crippen LogP contribution in [-0.2, 0) is 0 Å². The van der Waals surface area contributed by atoms with E-state index in [1.807, 2.05) is 0 Å². The molecule has 0 bridgehead atoms. The van der Waals surface area contributed by atoms with Gasteiger partial charge in [-0.3, -0.25) is 14.7 Å². The summed E-state index contributed by atoms with van der Waals surface area (Å²) in [7, 11) is 0. The lowest BCUT2D eigenvalue weighted by Crippen LogP contribution is -2.22. The molecule has 0 unspecified atom stereocenters. The summed E-state index contributed by atoms with van der Waals surface area (Å²) in [4.78, 5) is 29.0. The van der Waals surface area contributed by atoms with Gasteiger partial charge in [-0.2, -0.15) is 10.1 Å². The van der Waals surface area contributed by atoms with E-state index in [1.165, 1.54) is 45.9 Å². The molecule has 4 aromatic rings. The molecular formula is C15H11FN6O2. The first-order valence-corrected chi connectivity index (χ1v) is 7.05. The summed E-state index contributed by atoms with van der Waals surface area (Å²) in [5, 5.41) is 9.55. The Hall–Kier alpha value is -3.49. The summed E-state index contributed by atoms with van der Waals surface area (Å²) >= 11 is 0. The number of aryl methyl sites for hydroxylation is 1. The van der Waals surface area contributed by atoms with Gasteiger partial charge in [-0.25, -0.2) is 18.7 Å². The number of nitrogens with zero attached hydrogens (tertiary/aromatic N) is 4. The number of fused-ring (bicyclic) bond motifs is 1. The molecule has 0 saturated heterocycles. The Morgan fingerprint density at radius 1 is 1.17 bits per heavy atom. The zero-order valence-electron chi connectivity index (χ0n) is 12.4. The maximum Gasteiger partial charge on any atom is 0.280 e. The van der Waals surface area contributed by atoms with E-state index in [0.717, 1.165) is 0 Å². The van der Waals surface area contributed by atoms with Crippen molar-refractivity contribution in [3.05, 3.63) is 68.9 Å². The molecule has 9 heteroatoms. The number of aromatic amines is 2. The molecule has 2 N–H and O–H groups in total. The minimum Gasteiger partial charge on any atom is -0.290 e. The molecule has 0 aliphatic heterocycles. The van der Waals surface area contributed by atoms with Gasteiger partial charge in [0.2, 0.25) is 5.95 Å². The SMILES string of the molecule is Cc1c2c(=O)n(-c3ccc(F)cc3)[nH]c2cc(=O)n1-c1ncn[nH]1. The van der Waals surface area contributed by atoms with Crippen LogP contribution >= 0.6 is 0 Å². The molecular weight excluding hydrogens is 315 g/mol. The third-order valence-corrected chi connectivity index (χ3v) is 3.80. The van der Waals surface area contributed by atoms with Crippen LogP contribution in [0.1, 0.15) is 5.69 Å². The van der Waals surface area contributed by atoms with Crippen molar-refractivity contribution < 1.29 is 4.39 Å². The second kappa shape index (κ2) is 5.01. The van der Waals surface area contributed by atoms with Gasteiger partial charge in [-0.15, -0.1) is 0 Å². The number of nitrogens with one attached hydrogen (secondary N) is 2. The Labute approximate surface area is 133 Å². The third-order valence-electron chi connectivity index (χ3n) is 3.80. The van der Waals surface area contributed by atoms with E-state index in [2.05, 4.69) is 20.3 Å². The Bertz CT molecular complexity index is 1150. The van der Waals surface area contributed by atoms with Gasteiger partial charge >= 0.3 is 0 Å². The summed E-state index contributed by atoms with van der Waals surface area (Å²) in [6.45, 7) is 1.65. The molecule has 120 valence electrons. The quantitative estimate of drug-likeness (QED) is 0.574. The highest BCUT2D eigenvalue weighted by molar-refractivity contribution is 5.81. The van der Waals surface area contributed by atoms with Crippen LogP contribution in [0.25, 0.3) is 22.5 Å². The Balaban J connectivity index is 2.03. The van der Waals surface area contributed by atoms with E-state index < -0.39 is 5.82 Å². The fourth-order valence-electron chi connectivity index (χ4n) is 2.72. The van der Waals surface area contributed by atoms with Crippen molar-refractivity contribution in [2.75, 3.05) is 0 Å². The van der Waals surface area contributed by atoms with Gasteiger partial charge in [0.05, 0.1) is 16.6 Å². The van der Waals surface area contributed by atoms with Crippen LogP contribution < -0.4 is 11.1 Å².